The summed E-state index contributed by atoms with van der Waals surface area (Å²) in [5.41, 5.74) is 3.03. The summed E-state index contributed by atoms with van der Waals surface area (Å²) >= 11 is 0. The molecule has 0 aliphatic heterocycles. The van der Waals surface area contributed by atoms with Crippen molar-refractivity contribution in [3.05, 3.63) is 23.5 Å². The normalized spacial score (nSPS) is 17.9. The van der Waals surface area contributed by atoms with E-state index in [-0.39, 0.29) is 0 Å². The third kappa shape index (κ3) is 5.13. The van der Waals surface area contributed by atoms with E-state index in [1.165, 1.54) is 36.8 Å². The van der Waals surface area contributed by atoms with Gasteiger partial charge in [-0.25, -0.2) is 0 Å². The third-order valence-electron chi connectivity index (χ3n) is 4.08. The largest absolute Gasteiger partial charge is 0.385 e. The Bertz CT molecular complexity index is 403. The van der Waals surface area contributed by atoms with Crippen molar-refractivity contribution in [2.45, 2.75) is 51.6 Å². The van der Waals surface area contributed by atoms with Gasteiger partial charge in [0.1, 0.15) is 0 Å². The summed E-state index contributed by atoms with van der Waals surface area (Å²) in [6.07, 6.45) is 10.6. The standard InChI is InChI=1S/C17H30N2O2/c1-3-8-18-17-7-4-6-15-13-19(14-16(15)17)9-12-21-11-5-10-20-2/h13-14,17-18H,3-12H2,1-2H3. The van der Waals surface area contributed by atoms with Crippen molar-refractivity contribution in [3.8, 4) is 0 Å². The Morgan fingerprint density at radius 2 is 2.19 bits per heavy atom. The minimum atomic E-state index is 0.553. The van der Waals surface area contributed by atoms with Gasteiger partial charge in [0.25, 0.3) is 0 Å². The van der Waals surface area contributed by atoms with E-state index in [1.807, 2.05) is 0 Å². The molecule has 120 valence electrons. The Balaban J connectivity index is 1.79. The van der Waals surface area contributed by atoms with Crippen LogP contribution in [-0.4, -0.2) is 38.0 Å². The molecular formula is C17H30N2O2. The number of hydrogen-bond acceptors (Lipinski definition) is 3. The van der Waals surface area contributed by atoms with Gasteiger partial charge in [0, 0.05) is 45.3 Å². The summed E-state index contributed by atoms with van der Waals surface area (Å²) in [6.45, 7) is 6.63. The van der Waals surface area contributed by atoms with E-state index in [0.717, 1.165) is 39.3 Å². The number of nitrogens with one attached hydrogen (secondary N) is 1. The number of ether oxygens (including phenoxy) is 2. The lowest BCUT2D eigenvalue weighted by Gasteiger charge is -2.23. The second-order valence-corrected chi connectivity index (χ2v) is 5.83. The van der Waals surface area contributed by atoms with E-state index in [0.29, 0.717) is 6.04 Å². The average Bonchev–Trinajstić information content (AvgIpc) is 2.92. The molecule has 0 spiro atoms. The van der Waals surface area contributed by atoms with E-state index in [1.54, 1.807) is 7.11 Å². The van der Waals surface area contributed by atoms with E-state index >= 15 is 0 Å². The van der Waals surface area contributed by atoms with Gasteiger partial charge in [-0.1, -0.05) is 6.92 Å². The second-order valence-electron chi connectivity index (χ2n) is 5.83. The zero-order valence-corrected chi connectivity index (χ0v) is 13.6. The number of aryl methyl sites for hydroxylation is 1. The smallest absolute Gasteiger partial charge is 0.0645 e. The quantitative estimate of drug-likeness (QED) is 0.674. The first-order valence-corrected chi connectivity index (χ1v) is 8.33. The fraction of sp³-hybridized carbons (Fsp3) is 0.765. The van der Waals surface area contributed by atoms with E-state index in [2.05, 4.69) is 29.2 Å². The first-order valence-electron chi connectivity index (χ1n) is 8.33. The van der Waals surface area contributed by atoms with Crippen LogP contribution in [0.25, 0.3) is 0 Å². The molecule has 0 saturated carbocycles. The predicted octanol–water partition coefficient (Wildman–Crippen LogP) is 2.92. The molecule has 0 fully saturated rings. The molecule has 0 bridgehead atoms. The molecule has 1 aromatic heterocycles. The van der Waals surface area contributed by atoms with Gasteiger partial charge in [-0.3, -0.25) is 0 Å². The molecule has 1 atom stereocenters. The summed E-state index contributed by atoms with van der Waals surface area (Å²) in [5.74, 6) is 0. The van der Waals surface area contributed by atoms with Crippen LogP contribution in [0.5, 0.6) is 0 Å². The molecule has 1 N–H and O–H groups in total. The van der Waals surface area contributed by atoms with Crippen LogP contribution in [0, 0.1) is 0 Å². The molecule has 4 heteroatoms. The Morgan fingerprint density at radius 3 is 3.00 bits per heavy atom. The Kier molecular flexibility index (Phi) is 7.27. The molecule has 21 heavy (non-hydrogen) atoms. The fourth-order valence-electron chi connectivity index (χ4n) is 2.99. The van der Waals surface area contributed by atoms with Crippen molar-refractivity contribution >= 4 is 0 Å². The van der Waals surface area contributed by atoms with Crippen molar-refractivity contribution < 1.29 is 9.47 Å². The number of rotatable bonds is 10. The highest BCUT2D eigenvalue weighted by Crippen LogP contribution is 2.30. The van der Waals surface area contributed by atoms with Crippen molar-refractivity contribution in [1.29, 1.82) is 0 Å². The highest BCUT2D eigenvalue weighted by molar-refractivity contribution is 5.30. The van der Waals surface area contributed by atoms with Crippen molar-refractivity contribution in [3.63, 3.8) is 0 Å². The van der Waals surface area contributed by atoms with Crippen molar-refractivity contribution in [2.75, 3.05) is 33.5 Å². The number of hydrogen-bond donors (Lipinski definition) is 1. The van der Waals surface area contributed by atoms with Crippen LogP contribution in [-0.2, 0) is 22.4 Å². The predicted molar refractivity (Wildman–Crippen MR) is 85.7 cm³/mol. The van der Waals surface area contributed by atoms with Crippen LogP contribution in [0.4, 0.5) is 0 Å². The van der Waals surface area contributed by atoms with Gasteiger partial charge in [-0.15, -0.1) is 0 Å². The van der Waals surface area contributed by atoms with E-state index in [9.17, 15) is 0 Å². The first-order chi connectivity index (χ1) is 10.3. The lowest BCUT2D eigenvalue weighted by Crippen LogP contribution is -2.24. The third-order valence-corrected chi connectivity index (χ3v) is 4.08. The molecule has 0 radical (unpaired) electrons. The maximum atomic E-state index is 5.65. The summed E-state index contributed by atoms with van der Waals surface area (Å²) < 4.78 is 13.0. The van der Waals surface area contributed by atoms with Crippen LogP contribution in [0.15, 0.2) is 12.4 Å². The Hall–Kier alpha value is -0.840. The molecule has 1 aromatic rings. The summed E-state index contributed by atoms with van der Waals surface area (Å²) in [6, 6.07) is 0.553. The highest BCUT2D eigenvalue weighted by Gasteiger charge is 2.21. The average molecular weight is 294 g/mol. The topological polar surface area (TPSA) is 35.4 Å². The SMILES string of the molecule is CCCNC1CCCc2cn(CCOCCCOC)cc21. The maximum Gasteiger partial charge on any atom is 0.0645 e. The lowest BCUT2D eigenvalue weighted by atomic mass is 9.91. The van der Waals surface area contributed by atoms with Crippen molar-refractivity contribution in [1.82, 2.24) is 9.88 Å². The van der Waals surface area contributed by atoms with Gasteiger partial charge < -0.3 is 19.4 Å². The Morgan fingerprint density at radius 1 is 1.29 bits per heavy atom. The van der Waals surface area contributed by atoms with Crippen LogP contribution in [0.2, 0.25) is 0 Å². The second kappa shape index (κ2) is 9.23. The molecule has 1 unspecified atom stereocenters. The summed E-state index contributed by atoms with van der Waals surface area (Å²) in [4.78, 5) is 0. The zero-order chi connectivity index (χ0) is 14.9. The van der Waals surface area contributed by atoms with E-state index < -0.39 is 0 Å². The minimum absolute atomic E-state index is 0.553. The highest BCUT2D eigenvalue weighted by atomic mass is 16.5. The molecular weight excluding hydrogens is 264 g/mol. The molecule has 1 aliphatic rings. The Labute approximate surface area is 128 Å². The van der Waals surface area contributed by atoms with E-state index in [4.69, 9.17) is 9.47 Å². The molecule has 4 nitrogen and oxygen atoms in total. The van der Waals surface area contributed by atoms with Gasteiger partial charge >= 0.3 is 0 Å². The molecule has 1 aliphatic carbocycles. The molecule has 0 saturated heterocycles. The zero-order valence-electron chi connectivity index (χ0n) is 13.6. The number of nitrogens with zero attached hydrogens (tertiary/aromatic N) is 1. The monoisotopic (exact) mass is 294 g/mol. The summed E-state index contributed by atoms with van der Waals surface area (Å²) in [7, 11) is 1.73. The number of methoxy groups -OCH3 is 1. The number of fused-ring (bicyclic) bond motifs is 1. The van der Waals surface area contributed by atoms with Crippen LogP contribution >= 0.6 is 0 Å². The van der Waals surface area contributed by atoms with Gasteiger partial charge in [0.15, 0.2) is 0 Å². The summed E-state index contributed by atoms with van der Waals surface area (Å²) in [5, 5.41) is 3.67. The molecule has 0 amide bonds. The molecule has 1 heterocycles. The first kappa shape index (κ1) is 16.5. The molecule has 0 aromatic carbocycles. The maximum absolute atomic E-state index is 5.65. The van der Waals surface area contributed by atoms with Crippen LogP contribution < -0.4 is 5.32 Å². The minimum Gasteiger partial charge on any atom is -0.385 e. The number of aromatic nitrogens is 1. The van der Waals surface area contributed by atoms with Gasteiger partial charge in [-0.2, -0.15) is 0 Å². The van der Waals surface area contributed by atoms with Crippen molar-refractivity contribution in [2.24, 2.45) is 0 Å². The lowest BCUT2D eigenvalue weighted by molar-refractivity contribution is 0.0977. The fourth-order valence-corrected chi connectivity index (χ4v) is 2.99. The van der Waals surface area contributed by atoms with Crippen LogP contribution in [0.3, 0.4) is 0 Å². The van der Waals surface area contributed by atoms with Gasteiger partial charge in [-0.05, 0) is 49.8 Å². The molecule has 2 rings (SSSR count). The van der Waals surface area contributed by atoms with Gasteiger partial charge in [0.05, 0.1) is 6.61 Å². The van der Waals surface area contributed by atoms with Crippen LogP contribution in [0.1, 0.15) is 49.8 Å². The van der Waals surface area contributed by atoms with Gasteiger partial charge in [0.2, 0.25) is 0 Å².